The predicted molar refractivity (Wildman–Crippen MR) is 104 cm³/mol. The monoisotopic (exact) mass is 391 g/mol. The molecule has 0 saturated heterocycles. The summed E-state index contributed by atoms with van der Waals surface area (Å²) in [6, 6.07) is 7.66. The van der Waals surface area contributed by atoms with E-state index < -0.39 is 21.5 Å². The van der Waals surface area contributed by atoms with Crippen LogP contribution >= 0.6 is 0 Å². The van der Waals surface area contributed by atoms with Gasteiger partial charge in [-0.1, -0.05) is 19.1 Å². The van der Waals surface area contributed by atoms with Crippen LogP contribution in [0, 0.1) is 0 Å². The fourth-order valence-corrected chi connectivity index (χ4v) is 3.55. The molecule has 0 fully saturated rings. The van der Waals surface area contributed by atoms with Gasteiger partial charge >= 0.3 is 0 Å². The molecular weight excluding hydrogens is 366 g/mol. The molecule has 146 valence electrons. The highest BCUT2D eigenvalue weighted by molar-refractivity contribution is 7.92. The van der Waals surface area contributed by atoms with Crippen molar-refractivity contribution in [1.82, 2.24) is 10.3 Å². The summed E-state index contributed by atoms with van der Waals surface area (Å²) in [6.07, 6.45) is 3.59. The van der Waals surface area contributed by atoms with Crippen LogP contribution in [0.4, 0.5) is 5.69 Å². The van der Waals surface area contributed by atoms with E-state index in [1.54, 1.807) is 25.1 Å². The Hall–Kier alpha value is -2.61. The van der Waals surface area contributed by atoms with Crippen molar-refractivity contribution in [3.63, 3.8) is 0 Å². The molecule has 1 heterocycles. The number of hydrogen-bond acceptors (Lipinski definition) is 5. The second-order valence-electron chi connectivity index (χ2n) is 6.60. The van der Waals surface area contributed by atoms with Gasteiger partial charge in [-0.2, -0.15) is 0 Å². The molecule has 0 aliphatic carbocycles. The molecule has 8 heteroatoms. The number of rotatable bonds is 8. The Bertz CT molecular complexity index is 911. The van der Waals surface area contributed by atoms with Crippen molar-refractivity contribution in [3.05, 3.63) is 48.3 Å². The number of benzene rings is 1. The average Bonchev–Trinajstić information content (AvgIpc) is 2.63. The average molecular weight is 391 g/mol. The summed E-state index contributed by atoms with van der Waals surface area (Å²) in [5.74, 6) is -0.0795. The van der Waals surface area contributed by atoms with Crippen molar-refractivity contribution in [2.24, 2.45) is 0 Å². The van der Waals surface area contributed by atoms with E-state index in [2.05, 4.69) is 15.0 Å². The summed E-state index contributed by atoms with van der Waals surface area (Å²) in [5.41, 5.74) is -0.163. The first kappa shape index (κ1) is 20.7. The van der Waals surface area contributed by atoms with Crippen LogP contribution in [0.3, 0.4) is 0 Å². The van der Waals surface area contributed by atoms with Crippen LogP contribution in [0.25, 0.3) is 0 Å². The molecule has 27 heavy (non-hydrogen) atoms. The number of nitrogens with one attached hydrogen (secondary N) is 2. The molecular formula is C19H25N3O4S. The summed E-state index contributed by atoms with van der Waals surface area (Å²) in [5, 5.41) is 2.86. The number of ether oxygens (including phenoxy) is 1. The minimum absolute atomic E-state index is 0.0772. The predicted octanol–water partition coefficient (Wildman–Crippen LogP) is 3.20. The number of carbonyl (C=O) groups excluding carboxylic acids is 1. The number of amides is 1. The molecule has 0 atom stereocenters. The maximum atomic E-state index is 12.9. The summed E-state index contributed by atoms with van der Waals surface area (Å²) < 4.78 is 33.8. The van der Waals surface area contributed by atoms with Gasteiger partial charge < -0.3 is 10.1 Å². The molecule has 0 radical (unpaired) electrons. The lowest BCUT2D eigenvalue weighted by Gasteiger charge is -2.25. The standard InChI is InChI=1S/C19H25N3O4S/c1-5-19(3,4)21-18(23)14-9-7-8-10-17(14)27(24,25)22-15-13-20-12-11-16(15)26-6-2/h7-13,22H,5-6H2,1-4H3,(H,21,23). The second-order valence-corrected chi connectivity index (χ2v) is 8.25. The molecule has 0 spiro atoms. The Kier molecular flexibility index (Phi) is 6.43. The van der Waals surface area contributed by atoms with Crippen molar-refractivity contribution in [2.75, 3.05) is 11.3 Å². The molecule has 2 N–H and O–H groups in total. The Morgan fingerprint density at radius 2 is 1.89 bits per heavy atom. The SMILES string of the molecule is CCOc1ccncc1NS(=O)(=O)c1ccccc1C(=O)NC(C)(C)CC. The Balaban J connectivity index is 2.39. The lowest BCUT2D eigenvalue weighted by Crippen LogP contribution is -2.43. The summed E-state index contributed by atoms with van der Waals surface area (Å²) >= 11 is 0. The highest BCUT2D eigenvalue weighted by atomic mass is 32.2. The third-order valence-corrected chi connectivity index (χ3v) is 5.51. The number of sulfonamides is 1. The summed E-state index contributed by atoms with van der Waals surface area (Å²) in [7, 11) is -4.02. The van der Waals surface area contributed by atoms with Crippen LogP contribution in [0.1, 0.15) is 44.5 Å². The number of anilines is 1. The minimum Gasteiger partial charge on any atom is -0.492 e. The molecule has 0 saturated carbocycles. The maximum Gasteiger partial charge on any atom is 0.262 e. The normalized spacial score (nSPS) is 11.7. The third kappa shape index (κ3) is 5.19. The van der Waals surface area contributed by atoms with E-state index in [4.69, 9.17) is 4.74 Å². The Morgan fingerprint density at radius 3 is 2.56 bits per heavy atom. The highest BCUT2D eigenvalue weighted by Crippen LogP contribution is 2.27. The Morgan fingerprint density at radius 1 is 1.19 bits per heavy atom. The van der Waals surface area contributed by atoms with E-state index in [1.165, 1.54) is 24.5 Å². The smallest absolute Gasteiger partial charge is 0.262 e. The van der Waals surface area contributed by atoms with Crippen molar-refractivity contribution >= 4 is 21.6 Å². The first-order chi connectivity index (χ1) is 12.7. The van der Waals surface area contributed by atoms with Crippen molar-refractivity contribution < 1.29 is 17.9 Å². The van der Waals surface area contributed by atoms with Crippen LogP contribution in [-0.2, 0) is 10.0 Å². The number of carbonyl (C=O) groups is 1. The molecule has 0 unspecified atom stereocenters. The molecule has 0 aliphatic rings. The molecule has 1 amide bonds. The zero-order chi connectivity index (χ0) is 20.1. The molecule has 2 aromatic rings. The van der Waals surface area contributed by atoms with Crippen LogP contribution in [0.15, 0.2) is 47.6 Å². The van der Waals surface area contributed by atoms with Gasteiger partial charge in [-0.3, -0.25) is 14.5 Å². The lowest BCUT2D eigenvalue weighted by atomic mass is 10.0. The molecule has 0 aliphatic heterocycles. The zero-order valence-electron chi connectivity index (χ0n) is 15.9. The van der Waals surface area contributed by atoms with Gasteiger partial charge in [0.1, 0.15) is 16.3 Å². The lowest BCUT2D eigenvalue weighted by molar-refractivity contribution is 0.0908. The number of aromatic nitrogens is 1. The van der Waals surface area contributed by atoms with Gasteiger partial charge in [0.2, 0.25) is 0 Å². The van der Waals surface area contributed by atoms with Crippen LogP contribution in [-0.4, -0.2) is 31.5 Å². The Labute approximate surface area is 160 Å². The molecule has 0 bridgehead atoms. The van der Waals surface area contributed by atoms with Gasteiger partial charge in [-0.25, -0.2) is 8.42 Å². The first-order valence-corrected chi connectivity index (χ1v) is 10.2. The number of hydrogen-bond donors (Lipinski definition) is 2. The van der Waals surface area contributed by atoms with Gasteiger partial charge in [-0.05, 0) is 39.3 Å². The quantitative estimate of drug-likeness (QED) is 0.720. The van der Waals surface area contributed by atoms with E-state index in [0.717, 1.165) is 0 Å². The third-order valence-electron chi connectivity index (χ3n) is 4.08. The van der Waals surface area contributed by atoms with E-state index in [0.29, 0.717) is 18.8 Å². The second kappa shape index (κ2) is 8.39. The van der Waals surface area contributed by atoms with E-state index in [9.17, 15) is 13.2 Å². The number of nitrogens with zero attached hydrogens (tertiary/aromatic N) is 1. The van der Waals surface area contributed by atoms with Gasteiger partial charge in [0, 0.05) is 17.8 Å². The van der Waals surface area contributed by atoms with E-state index in [-0.39, 0.29) is 16.1 Å². The summed E-state index contributed by atoms with van der Waals surface area (Å²) in [4.78, 5) is 16.5. The first-order valence-electron chi connectivity index (χ1n) is 8.71. The zero-order valence-corrected chi connectivity index (χ0v) is 16.8. The maximum absolute atomic E-state index is 12.9. The minimum atomic E-state index is -4.02. The van der Waals surface area contributed by atoms with Crippen LogP contribution < -0.4 is 14.8 Å². The largest absolute Gasteiger partial charge is 0.492 e. The fourth-order valence-electron chi connectivity index (χ4n) is 2.29. The van der Waals surface area contributed by atoms with Crippen molar-refractivity contribution in [3.8, 4) is 5.75 Å². The molecule has 2 rings (SSSR count). The highest BCUT2D eigenvalue weighted by Gasteiger charge is 2.26. The van der Waals surface area contributed by atoms with E-state index in [1.807, 2.05) is 20.8 Å². The van der Waals surface area contributed by atoms with Crippen LogP contribution in [0.2, 0.25) is 0 Å². The van der Waals surface area contributed by atoms with Gasteiger partial charge in [0.15, 0.2) is 0 Å². The van der Waals surface area contributed by atoms with Crippen molar-refractivity contribution in [2.45, 2.75) is 44.6 Å². The van der Waals surface area contributed by atoms with Gasteiger partial charge in [-0.15, -0.1) is 0 Å². The fraction of sp³-hybridized carbons (Fsp3) is 0.368. The van der Waals surface area contributed by atoms with Crippen molar-refractivity contribution in [1.29, 1.82) is 0 Å². The molecule has 1 aromatic carbocycles. The molecule has 7 nitrogen and oxygen atoms in total. The van der Waals surface area contributed by atoms with Gasteiger partial charge in [0.05, 0.1) is 18.4 Å². The summed E-state index contributed by atoms with van der Waals surface area (Å²) in [6.45, 7) is 7.88. The number of pyridine rings is 1. The van der Waals surface area contributed by atoms with Crippen LogP contribution in [0.5, 0.6) is 5.75 Å². The van der Waals surface area contributed by atoms with E-state index >= 15 is 0 Å². The molecule has 1 aromatic heterocycles. The van der Waals surface area contributed by atoms with Gasteiger partial charge in [0.25, 0.3) is 15.9 Å². The topological polar surface area (TPSA) is 97.4 Å².